The van der Waals surface area contributed by atoms with Gasteiger partial charge in [-0.05, 0) is 37.9 Å². The minimum atomic E-state index is -3.71. The lowest BCUT2D eigenvalue weighted by atomic mass is 10.0. The van der Waals surface area contributed by atoms with Crippen LogP contribution in [0.4, 0.5) is 5.69 Å². The largest absolute Gasteiger partial charge is 0.316 e. The molecule has 1 aliphatic rings. The van der Waals surface area contributed by atoms with Crippen LogP contribution in [0.1, 0.15) is 12.8 Å². The molecule has 9 heteroatoms. The summed E-state index contributed by atoms with van der Waals surface area (Å²) in [6, 6.07) is 2.27. The maximum absolute atomic E-state index is 12.0. The van der Waals surface area contributed by atoms with Crippen LogP contribution in [0.15, 0.2) is 23.4 Å². The van der Waals surface area contributed by atoms with Crippen molar-refractivity contribution < 1.29 is 13.3 Å². The number of hydrogen-bond acceptors (Lipinski definition) is 6. The summed E-state index contributed by atoms with van der Waals surface area (Å²) in [5, 5.41) is 13.5. The highest BCUT2D eigenvalue weighted by Crippen LogP contribution is 2.13. The zero-order valence-electron chi connectivity index (χ0n) is 10.8. The van der Waals surface area contributed by atoms with Gasteiger partial charge in [0.25, 0.3) is 15.7 Å². The lowest BCUT2D eigenvalue weighted by Crippen LogP contribution is -2.38. The van der Waals surface area contributed by atoms with E-state index in [0.29, 0.717) is 6.54 Å². The van der Waals surface area contributed by atoms with Gasteiger partial charge in [-0.25, -0.2) is 18.1 Å². The third-order valence-electron chi connectivity index (χ3n) is 3.17. The van der Waals surface area contributed by atoms with Crippen LogP contribution in [-0.4, -0.2) is 38.0 Å². The molecule has 0 aromatic carbocycles. The van der Waals surface area contributed by atoms with E-state index in [4.69, 9.17) is 0 Å². The van der Waals surface area contributed by atoms with Crippen molar-refractivity contribution in [2.24, 2.45) is 5.92 Å². The Labute approximate surface area is 116 Å². The molecule has 1 atom stereocenters. The van der Waals surface area contributed by atoms with E-state index in [1.54, 1.807) is 0 Å². The van der Waals surface area contributed by atoms with Crippen molar-refractivity contribution in [3.05, 3.63) is 28.4 Å². The molecule has 1 fully saturated rings. The second kappa shape index (κ2) is 6.25. The first-order valence-corrected chi connectivity index (χ1v) is 7.78. The van der Waals surface area contributed by atoms with Gasteiger partial charge in [-0.15, -0.1) is 0 Å². The van der Waals surface area contributed by atoms with Gasteiger partial charge in [-0.2, -0.15) is 0 Å². The number of sulfonamides is 1. The summed E-state index contributed by atoms with van der Waals surface area (Å²) in [7, 11) is -3.71. The molecule has 1 aromatic heterocycles. The van der Waals surface area contributed by atoms with Gasteiger partial charge in [-0.3, -0.25) is 10.1 Å². The Balaban J connectivity index is 2.00. The molecular formula is C11H16N4O4S. The summed E-state index contributed by atoms with van der Waals surface area (Å²) in [5.41, 5.74) is -0.236. The first-order chi connectivity index (χ1) is 9.49. The molecule has 2 rings (SSSR count). The van der Waals surface area contributed by atoms with Crippen LogP contribution in [0.3, 0.4) is 0 Å². The Morgan fingerprint density at radius 2 is 2.30 bits per heavy atom. The number of nitro groups is 1. The fraction of sp³-hybridized carbons (Fsp3) is 0.545. The summed E-state index contributed by atoms with van der Waals surface area (Å²) < 4.78 is 26.5. The summed E-state index contributed by atoms with van der Waals surface area (Å²) in [6.07, 6.45) is 2.95. The molecule has 0 bridgehead atoms. The third kappa shape index (κ3) is 3.71. The molecule has 8 nitrogen and oxygen atoms in total. The molecule has 0 radical (unpaired) electrons. The lowest BCUT2D eigenvalue weighted by molar-refractivity contribution is -0.385. The van der Waals surface area contributed by atoms with Crippen molar-refractivity contribution in [1.82, 2.24) is 15.0 Å². The third-order valence-corrected chi connectivity index (χ3v) is 4.51. The zero-order chi connectivity index (χ0) is 14.6. The molecular weight excluding hydrogens is 284 g/mol. The minimum absolute atomic E-state index is 0.202. The number of rotatable bonds is 5. The van der Waals surface area contributed by atoms with Gasteiger partial charge in [0.2, 0.25) is 0 Å². The Bertz CT molecular complexity index is 567. The van der Waals surface area contributed by atoms with E-state index < -0.39 is 14.9 Å². The summed E-state index contributed by atoms with van der Waals surface area (Å²) in [4.78, 5) is 13.5. The van der Waals surface area contributed by atoms with E-state index in [1.807, 2.05) is 0 Å². The van der Waals surface area contributed by atoms with E-state index in [-0.39, 0.29) is 16.6 Å². The highest BCUT2D eigenvalue weighted by Gasteiger charge is 2.20. The molecule has 2 heterocycles. The predicted octanol–water partition coefficient (Wildman–Crippen LogP) is 0.268. The fourth-order valence-corrected chi connectivity index (χ4v) is 3.08. The Kier molecular flexibility index (Phi) is 4.63. The Morgan fingerprint density at radius 3 is 2.85 bits per heavy atom. The average Bonchev–Trinajstić information content (AvgIpc) is 2.46. The highest BCUT2D eigenvalue weighted by molar-refractivity contribution is 7.89. The molecule has 0 aliphatic carbocycles. The first kappa shape index (κ1) is 14.8. The van der Waals surface area contributed by atoms with Crippen LogP contribution >= 0.6 is 0 Å². The standard InChI is InChI=1S/C11H16N4O4S/c16-15(17)10-3-4-11(13-8-10)20(18,19)14-7-9-2-1-5-12-6-9/h3-4,8-9,12,14H,1-2,5-7H2. The number of hydrogen-bond donors (Lipinski definition) is 2. The molecule has 20 heavy (non-hydrogen) atoms. The van der Waals surface area contributed by atoms with E-state index in [0.717, 1.165) is 44.3 Å². The van der Waals surface area contributed by atoms with E-state index in [9.17, 15) is 18.5 Å². The van der Waals surface area contributed by atoms with Gasteiger partial charge in [0.1, 0.15) is 6.20 Å². The van der Waals surface area contributed by atoms with E-state index in [1.165, 1.54) is 0 Å². The molecule has 110 valence electrons. The van der Waals surface area contributed by atoms with Crippen molar-refractivity contribution in [1.29, 1.82) is 0 Å². The van der Waals surface area contributed by atoms with Gasteiger partial charge in [0.05, 0.1) is 4.92 Å². The van der Waals surface area contributed by atoms with Crippen molar-refractivity contribution >= 4 is 15.7 Å². The minimum Gasteiger partial charge on any atom is -0.316 e. The molecule has 1 saturated heterocycles. The number of nitrogens with one attached hydrogen (secondary N) is 2. The van der Waals surface area contributed by atoms with Crippen LogP contribution in [0.25, 0.3) is 0 Å². The second-order valence-corrected chi connectivity index (χ2v) is 6.39. The van der Waals surface area contributed by atoms with Crippen molar-refractivity contribution in [2.45, 2.75) is 17.9 Å². The van der Waals surface area contributed by atoms with Crippen LogP contribution in [0.5, 0.6) is 0 Å². The van der Waals surface area contributed by atoms with Crippen LogP contribution in [0.2, 0.25) is 0 Å². The van der Waals surface area contributed by atoms with Gasteiger partial charge in [0, 0.05) is 12.6 Å². The molecule has 1 unspecified atom stereocenters. The van der Waals surface area contributed by atoms with Gasteiger partial charge >= 0.3 is 0 Å². The maximum atomic E-state index is 12.0. The number of piperidine rings is 1. The zero-order valence-corrected chi connectivity index (χ0v) is 11.6. The van der Waals surface area contributed by atoms with Crippen molar-refractivity contribution in [2.75, 3.05) is 19.6 Å². The Morgan fingerprint density at radius 1 is 1.50 bits per heavy atom. The quantitative estimate of drug-likeness (QED) is 0.596. The Hall–Kier alpha value is -1.58. The molecule has 2 N–H and O–H groups in total. The number of aromatic nitrogens is 1. The first-order valence-electron chi connectivity index (χ1n) is 6.30. The molecule has 1 aliphatic heterocycles. The smallest absolute Gasteiger partial charge is 0.287 e. The van der Waals surface area contributed by atoms with Gasteiger partial charge in [-0.1, -0.05) is 0 Å². The topological polar surface area (TPSA) is 114 Å². The van der Waals surface area contributed by atoms with Crippen LogP contribution in [0, 0.1) is 16.0 Å². The van der Waals surface area contributed by atoms with Crippen molar-refractivity contribution in [3.63, 3.8) is 0 Å². The monoisotopic (exact) mass is 300 g/mol. The fourth-order valence-electron chi connectivity index (χ4n) is 2.04. The summed E-state index contributed by atoms with van der Waals surface area (Å²) in [6.45, 7) is 2.09. The van der Waals surface area contributed by atoms with Crippen LogP contribution in [-0.2, 0) is 10.0 Å². The molecule has 0 amide bonds. The van der Waals surface area contributed by atoms with Crippen molar-refractivity contribution in [3.8, 4) is 0 Å². The number of pyridine rings is 1. The maximum Gasteiger partial charge on any atom is 0.287 e. The second-order valence-electron chi connectivity index (χ2n) is 4.68. The summed E-state index contributed by atoms with van der Waals surface area (Å²) >= 11 is 0. The highest BCUT2D eigenvalue weighted by atomic mass is 32.2. The number of nitrogens with zero attached hydrogens (tertiary/aromatic N) is 2. The van der Waals surface area contributed by atoms with Crippen LogP contribution < -0.4 is 10.0 Å². The van der Waals surface area contributed by atoms with Gasteiger partial charge < -0.3 is 5.32 Å². The normalized spacial score (nSPS) is 19.7. The SMILES string of the molecule is O=[N+]([O-])c1ccc(S(=O)(=O)NCC2CCCNC2)nc1. The molecule has 0 saturated carbocycles. The molecule has 1 aromatic rings. The van der Waals surface area contributed by atoms with E-state index >= 15 is 0 Å². The molecule has 0 spiro atoms. The van der Waals surface area contributed by atoms with Gasteiger partial charge in [0.15, 0.2) is 5.03 Å². The average molecular weight is 300 g/mol. The predicted molar refractivity (Wildman–Crippen MR) is 71.7 cm³/mol. The summed E-state index contributed by atoms with van der Waals surface area (Å²) in [5.74, 6) is 0.261. The van der Waals surface area contributed by atoms with E-state index in [2.05, 4.69) is 15.0 Å². The lowest BCUT2D eigenvalue weighted by Gasteiger charge is -2.22.